The third-order valence-corrected chi connectivity index (χ3v) is 4.98. The highest BCUT2D eigenvalue weighted by molar-refractivity contribution is 7.14. The number of hydrogen-bond donors (Lipinski definition) is 2. The number of thiophene rings is 2. The van der Waals surface area contributed by atoms with Crippen LogP contribution in [0.5, 0.6) is 0 Å². The summed E-state index contributed by atoms with van der Waals surface area (Å²) >= 11 is 3.25. The van der Waals surface area contributed by atoms with Gasteiger partial charge in [0.15, 0.2) is 0 Å². The van der Waals surface area contributed by atoms with Crippen molar-refractivity contribution in [3.63, 3.8) is 0 Å². The average molecular weight is 355 g/mol. The van der Waals surface area contributed by atoms with Gasteiger partial charge < -0.3 is 11.1 Å². The summed E-state index contributed by atoms with van der Waals surface area (Å²) in [4.78, 5) is 9.87. The molecule has 1 aromatic carbocycles. The molecule has 0 atom stereocenters. The largest absolute Gasteiger partial charge is 0.383 e. The van der Waals surface area contributed by atoms with Gasteiger partial charge in [-0.3, -0.25) is 4.99 Å². The van der Waals surface area contributed by atoms with Crippen LogP contribution >= 0.6 is 22.7 Å². The third kappa shape index (κ3) is 4.78. The van der Waals surface area contributed by atoms with E-state index >= 15 is 0 Å². The van der Waals surface area contributed by atoms with E-state index in [1.807, 2.05) is 47.2 Å². The highest BCUT2D eigenvalue weighted by Gasteiger charge is 2.00. The molecule has 0 aliphatic rings. The normalized spacial score (nSPS) is 11.9. The predicted molar refractivity (Wildman–Crippen MR) is 106 cm³/mol. The maximum absolute atomic E-state index is 6.04. The standard InChI is InChI=1S/C18H18N4S2/c19-18(16-6-2-10-23-16)22-15-5-1-4-14(12-15)8-9-20-13-21-17-7-3-11-24-17/h1-7,10-13H,8-9H2,(H2,19,22)(H,20,21). The number of nitrogens with two attached hydrogens (primary N) is 1. The Kier molecular flexibility index (Phi) is 5.76. The van der Waals surface area contributed by atoms with Crippen molar-refractivity contribution < 1.29 is 0 Å². The summed E-state index contributed by atoms with van der Waals surface area (Å²) in [5.41, 5.74) is 8.11. The van der Waals surface area contributed by atoms with Gasteiger partial charge in [-0.15, -0.1) is 22.7 Å². The molecule has 2 aromatic heterocycles. The monoisotopic (exact) mass is 354 g/mol. The molecule has 6 heteroatoms. The van der Waals surface area contributed by atoms with Gasteiger partial charge in [0.2, 0.25) is 0 Å². The smallest absolute Gasteiger partial charge is 0.141 e. The van der Waals surface area contributed by atoms with Gasteiger partial charge in [-0.1, -0.05) is 18.2 Å². The molecule has 0 bridgehead atoms. The van der Waals surface area contributed by atoms with E-state index in [4.69, 9.17) is 5.73 Å². The predicted octanol–water partition coefficient (Wildman–Crippen LogP) is 4.53. The lowest BCUT2D eigenvalue weighted by Crippen LogP contribution is -2.10. The molecule has 122 valence electrons. The number of hydrogen-bond acceptors (Lipinski definition) is 4. The molecule has 0 unspecified atom stereocenters. The lowest BCUT2D eigenvalue weighted by Gasteiger charge is -2.02. The second-order valence-corrected chi connectivity index (χ2v) is 6.95. The molecule has 0 aliphatic heterocycles. The summed E-state index contributed by atoms with van der Waals surface area (Å²) < 4.78 is 0. The molecule has 24 heavy (non-hydrogen) atoms. The Morgan fingerprint density at radius 1 is 1.08 bits per heavy atom. The Morgan fingerprint density at radius 3 is 2.75 bits per heavy atom. The minimum atomic E-state index is 0.556. The van der Waals surface area contributed by atoms with E-state index in [0.717, 1.165) is 28.5 Å². The van der Waals surface area contributed by atoms with E-state index in [0.29, 0.717) is 5.84 Å². The molecule has 0 aliphatic carbocycles. The molecule has 0 saturated heterocycles. The first kappa shape index (κ1) is 16.4. The summed E-state index contributed by atoms with van der Waals surface area (Å²) in [6.07, 6.45) is 2.62. The minimum Gasteiger partial charge on any atom is -0.383 e. The molecule has 3 rings (SSSR count). The van der Waals surface area contributed by atoms with Gasteiger partial charge >= 0.3 is 0 Å². The van der Waals surface area contributed by atoms with Crippen LogP contribution in [-0.4, -0.2) is 18.7 Å². The fraction of sp³-hybridized carbons (Fsp3) is 0.111. The van der Waals surface area contributed by atoms with E-state index in [2.05, 4.69) is 27.4 Å². The van der Waals surface area contributed by atoms with Crippen molar-refractivity contribution in [3.05, 3.63) is 69.7 Å². The molecule has 2 heterocycles. The fourth-order valence-corrected chi connectivity index (χ4v) is 3.34. The third-order valence-electron chi connectivity index (χ3n) is 3.28. The number of nitrogens with one attached hydrogen (secondary N) is 1. The van der Waals surface area contributed by atoms with Crippen molar-refractivity contribution >= 4 is 45.5 Å². The topological polar surface area (TPSA) is 62.8 Å². The van der Waals surface area contributed by atoms with E-state index in [9.17, 15) is 0 Å². The molecule has 3 N–H and O–H groups in total. The lowest BCUT2D eigenvalue weighted by molar-refractivity contribution is 0.973. The summed E-state index contributed by atoms with van der Waals surface area (Å²) in [5, 5.41) is 8.28. The number of nitrogens with zero attached hydrogens (tertiary/aromatic N) is 2. The van der Waals surface area contributed by atoms with Crippen molar-refractivity contribution in [3.8, 4) is 0 Å². The second kappa shape index (κ2) is 8.42. The maximum atomic E-state index is 6.04. The molecular formula is C18H18N4S2. The molecular weight excluding hydrogens is 336 g/mol. The highest BCUT2D eigenvalue weighted by Crippen LogP contribution is 2.17. The first-order valence-corrected chi connectivity index (χ1v) is 9.32. The van der Waals surface area contributed by atoms with E-state index in [-0.39, 0.29) is 0 Å². The van der Waals surface area contributed by atoms with Crippen LogP contribution in [0.15, 0.2) is 69.3 Å². The maximum Gasteiger partial charge on any atom is 0.141 e. The Hall–Kier alpha value is -2.44. The van der Waals surface area contributed by atoms with E-state index < -0.39 is 0 Å². The van der Waals surface area contributed by atoms with Gasteiger partial charge in [-0.05, 0) is 53.1 Å². The van der Waals surface area contributed by atoms with Crippen LogP contribution in [0.3, 0.4) is 0 Å². The molecule has 0 spiro atoms. The summed E-state index contributed by atoms with van der Waals surface area (Å²) in [6, 6.07) is 16.1. The van der Waals surface area contributed by atoms with E-state index in [1.165, 1.54) is 5.56 Å². The average Bonchev–Trinajstić information content (AvgIpc) is 3.29. The zero-order chi connectivity index (χ0) is 16.6. The van der Waals surface area contributed by atoms with Gasteiger partial charge in [-0.2, -0.15) is 0 Å². The van der Waals surface area contributed by atoms with E-state index in [1.54, 1.807) is 29.0 Å². The summed E-state index contributed by atoms with van der Waals surface area (Å²) in [7, 11) is 0. The zero-order valence-electron chi connectivity index (χ0n) is 13.1. The first-order chi connectivity index (χ1) is 11.8. The van der Waals surface area contributed by atoms with Gasteiger partial charge in [0.1, 0.15) is 5.84 Å². The van der Waals surface area contributed by atoms with Crippen molar-refractivity contribution in [1.29, 1.82) is 0 Å². The van der Waals surface area contributed by atoms with Crippen LogP contribution in [0.4, 0.5) is 10.7 Å². The number of rotatable bonds is 7. The van der Waals surface area contributed by atoms with Crippen LogP contribution in [0.25, 0.3) is 0 Å². The minimum absolute atomic E-state index is 0.556. The molecule has 0 amide bonds. The first-order valence-electron chi connectivity index (χ1n) is 7.56. The van der Waals surface area contributed by atoms with Crippen molar-refractivity contribution in [2.24, 2.45) is 15.7 Å². The Bertz CT molecular complexity index is 805. The molecule has 0 radical (unpaired) electrons. The van der Waals surface area contributed by atoms with Gasteiger partial charge in [-0.25, -0.2) is 4.99 Å². The number of anilines is 1. The lowest BCUT2D eigenvalue weighted by atomic mass is 10.1. The molecule has 3 aromatic rings. The summed E-state index contributed by atoms with van der Waals surface area (Å²) in [5.74, 6) is 0.556. The second-order valence-electron chi connectivity index (χ2n) is 5.05. The van der Waals surface area contributed by atoms with Crippen LogP contribution in [0.2, 0.25) is 0 Å². The Labute approximate surface area is 149 Å². The Balaban J connectivity index is 1.55. The number of amidine groups is 1. The van der Waals surface area contributed by atoms with Crippen molar-refractivity contribution in [2.75, 3.05) is 11.9 Å². The SMILES string of the molecule is NC(=Nc1cccc(CCN=CNc2cccs2)c1)c1cccs1. The number of aliphatic imine (C=N–C) groups is 2. The van der Waals surface area contributed by atoms with Crippen LogP contribution < -0.4 is 11.1 Å². The zero-order valence-corrected chi connectivity index (χ0v) is 14.7. The van der Waals surface area contributed by atoms with Crippen LogP contribution in [0, 0.1) is 0 Å². The van der Waals surface area contributed by atoms with Crippen molar-refractivity contribution in [2.45, 2.75) is 6.42 Å². The fourth-order valence-electron chi connectivity index (χ4n) is 2.13. The van der Waals surface area contributed by atoms with Gasteiger partial charge in [0.05, 0.1) is 21.9 Å². The highest BCUT2D eigenvalue weighted by atomic mass is 32.1. The molecule has 4 nitrogen and oxygen atoms in total. The molecule has 0 saturated carbocycles. The Morgan fingerprint density at radius 2 is 1.96 bits per heavy atom. The number of benzene rings is 1. The van der Waals surface area contributed by atoms with Crippen molar-refractivity contribution in [1.82, 2.24) is 0 Å². The molecule has 0 fully saturated rings. The van der Waals surface area contributed by atoms with Crippen LogP contribution in [-0.2, 0) is 6.42 Å². The van der Waals surface area contributed by atoms with Gasteiger partial charge in [0, 0.05) is 6.54 Å². The summed E-state index contributed by atoms with van der Waals surface area (Å²) in [6.45, 7) is 0.728. The van der Waals surface area contributed by atoms with Gasteiger partial charge in [0.25, 0.3) is 0 Å². The quantitative estimate of drug-likeness (QED) is 0.484. The van der Waals surface area contributed by atoms with Crippen LogP contribution in [0.1, 0.15) is 10.4 Å².